The highest BCUT2D eigenvalue weighted by atomic mass is 32.1. The molecule has 0 radical (unpaired) electrons. The fourth-order valence-corrected chi connectivity index (χ4v) is 3.89. The third-order valence-electron chi connectivity index (χ3n) is 3.77. The van der Waals surface area contributed by atoms with Crippen molar-refractivity contribution in [2.75, 3.05) is 13.2 Å². The van der Waals surface area contributed by atoms with Gasteiger partial charge in [-0.2, -0.15) is 0 Å². The monoisotopic (exact) mass is 296 g/mol. The Morgan fingerprint density at radius 1 is 1.53 bits per heavy atom. The van der Waals surface area contributed by atoms with Crippen LogP contribution in [0.1, 0.15) is 16.9 Å². The Balaban J connectivity index is 2.16. The van der Waals surface area contributed by atoms with E-state index in [0.717, 1.165) is 35.4 Å². The molecule has 0 spiro atoms. The minimum absolute atomic E-state index is 0.0347. The molecule has 1 aliphatic rings. The molecule has 6 heteroatoms. The van der Waals surface area contributed by atoms with Gasteiger partial charge in [0.25, 0.3) is 5.56 Å². The lowest BCUT2D eigenvalue weighted by Gasteiger charge is -2.10. The quantitative estimate of drug-likeness (QED) is 0.867. The minimum Gasteiger partial charge on any atom is -0.381 e. The van der Waals surface area contributed by atoms with Gasteiger partial charge in [0, 0.05) is 23.9 Å². The van der Waals surface area contributed by atoms with Crippen molar-refractivity contribution in [1.29, 1.82) is 0 Å². The summed E-state index contributed by atoms with van der Waals surface area (Å²) in [4.78, 5) is 17.9. The molecule has 3 rings (SSSR count). The molecule has 1 unspecified atom stereocenters. The molecule has 0 saturated carbocycles. The van der Waals surface area contributed by atoms with Gasteiger partial charge in [0.05, 0.1) is 12.0 Å². The molecule has 102 valence electrons. The second-order valence-corrected chi connectivity index (χ2v) is 6.67. The molecule has 1 N–H and O–H groups in total. The number of nitrogens with one attached hydrogen (secondary N) is 1. The summed E-state index contributed by atoms with van der Waals surface area (Å²) in [5, 5.41) is 0.787. The molecule has 19 heavy (non-hydrogen) atoms. The van der Waals surface area contributed by atoms with Gasteiger partial charge in [0.1, 0.15) is 4.83 Å². The van der Waals surface area contributed by atoms with Crippen molar-refractivity contribution in [2.24, 2.45) is 5.92 Å². The van der Waals surface area contributed by atoms with Gasteiger partial charge in [-0.25, -0.2) is 0 Å². The molecule has 0 amide bonds. The highest BCUT2D eigenvalue weighted by Gasteiger charge is 2.19. The molecule has 0 bridgehead atoms. The van der Waals surface area contributed by atoms with Crippen molar-refractivity contribution in [2.45, 2.75) is 26.8 Å². The SMILES string of the molecule is Cc1sc2[nH]c(=S)n(CC3CCOC3)c(=O)c2c1C. The third-order valence-corrected chi connectivity index (χ3v) is 5.22. The summed E-state index contributed by atoms with van der Waals surface area (Å²) < 4.78 is 7.58. The van der Waals surface area contributed by atoms with Crippen LogP contribution in [0.4, 0.5) is 0 Å². The summed E-state index contributed by atoms with van der Waals surface area (Å²) in [5.41, 5.74) is 1.10. The van der Waals surface area contributed by atoms with Crippen LogP contribution in [-0.2, 0) is 11.3 Å². The topological polar surface area (TPSA) is 47.0 Å². The van der Waals surface area contributed by atoms with E-state index in [2.05, 4.69) is 4.98 Å². The van der Waals surface area contributed by atoms with Crippen LogP contribution < -0.4 is 5.56 Å². The maximum absolute atomic E-state index is 12.6. The van der Waals surface area contributed by atoms with Gasteiger partial charge in [-0.15, -0.1) is 11.3 Å². The molecule has 4 nitrogen and oxygen atoms in total. The van der Waals surface area contributed by atoms with Crippen molar-refractivity contribution in [3.8, 4) is 0 Å². The fourth-order valence-electron chi connectivity index (χ4n) is 2.52. The number of rotatable bonds is 2. The maximum atomic E-state index is 12.6. The largest absolute Gasteiger partial charge is 0.381 e. The van der Waals surface area contributed by atoms with E-state index in [9.17, 15) is 4.79 Å². The van der Waals surface area contributed by atoms with E-state index in [1.54, 1.807) is 15.9 Å². The number of aromatic amines is 1. The molecule has 1 saturated heterocycles. The standard InChI is InChI=1S/C13H16N2O2S2/c1-7-8(2)19-11-10(7)12(16)15(13(18)14-11)5-9-3-4-17-6-9/h9H,3-6H2,1-2H3,(H,14,18). The average Bonchev–Trinajstić information content (AvgIpc) is 2.95. The molecule has 0 aromatic carbocycles. The Kier molecular flexibility index (Phi) is 3.32. The van der Waals surface area contributed by atoms with Gasteiger partial charge in [0.2, 0.25) is 0 Å². The van der Waals surface area contributed by atoms with Crippen LogP contribution in [0.15, 0.2) is 4.79 Å². The van der Waals surface area contributed by atoms with E-state index >= 15 is 0 Å². The van der Waals surface area contributed by atoms with E-state index in [-0.39, 0.29) is 5.56 Å². The summed E-state index contributed by atoms with van der Waals surface area (Å²) in [6.07, 6.45) is 1.00. The normalized spacial score (nSPS) is 19.4. The van der Waals surface area contributed by atoms with Gasteiger partial charge >= 0.3 is 0 Å². The summed E-state index contributed by atoms with van der Waals surface area (Å²) in [7, 11) is 0. The zero-order chi connectivity index (χ0) is 13.6. The van der Waals surface area contributed by atoms with Crippen molar-refractivity contribution in [1.82, 2.24) is 9.55 Å². The first kappa shape index (κ1) is 13.0. The number of hydrogen-bond donors (Lipinski definition) is 1. The Labute approximate surface area is 120 Å². The van der Waals surface area contributed by atoms with Gasteiger partial charge in [0.15, 0.2) is 4.77 Å². The Morgan fingerprint density at radius 3 is 3.00 bits per heavy atom. The zero-order valence-corrected chi connectivity index (χ0v) is 12.6. The molecule has 1 fully saturated rings. The lowest BCUT2D eigenvalue weighted by Crippen LogP contribution is -2.26. The van der Waals surface area contributed by atoms with Crippen LogP contribution in [0.25, 0.3) is 10.2 Å². The zero-order valence-electron chi connectivity index (χ0n) is 11.0. The summed E-state index contributed by atoms with van der Waals surface area (Å²) in [6, 6.07) is 0. The summed E-state index contributed by atoms with van der Waals surface area (Å²) in [6.45, 7) is 6.19. The van der Waals surface area contributed by atoms with Crippen molar-refractivity contribution >= 4 is 33.8 Å². The van der Waals surface area contributed by atoms with Crippen molar-refractivity contribution < 1.29 is 4.74 Å². The fraction of sp³-hybridized carbons (Fsp3) is 0.538. The molecule has 3 heterocycles. The number of hydrogen-bond acceptors (Lipinski definition) is 4. The van der Waals surface area contributed by atoms with Crippen LogP contribution in [0, 0.1) is 24.5 Å². The van der Waals surface area contributed by atoms with Gasteiger partial charge in [-0.1, -0.05) is 0 Å². The van der Waals surface area contributed by atoms with Crippen LogP contribution in [0.3, 0.4) is 0 Å². The van der Waals surface area contributed by atoms with Gasteiger partial charge < -0.3 is 9.72 Å². The predicted octanol–water partition coefficient (Wildman–Crippen LogP) is 2.77. The Hall–Kier alpha value is -0.980. The minimum atomic E-state index is 0.0347. The smallest absolute Gasteiger partial charge is 0.263 e. The molecule has 0 aliphatic carbocycles. The summed E-state index contributed by atoms with van der Waals surface area (Å²) in [5.74, 6) is 0.394. The van der Waals surface area contributed by atoms with Crippen LogP contribution in [0.5, 0.6) is 0 Å². The predicted molar refractivity (Wildman–Crippen MR) is 79.7 cm³/mol. The van der Waals surface area contributed by atoms with Gasteiger partial charge in [-0.05, 0) is 38.0 Å². The summed E-state index contributed by atoms with van der Waals surface area (Å²) >= 11 is 6.93. The second kappa shape index (κ2) is 4.85. The van der Waals surface area contributed by atoms with Gasteiger partial charge in [-0.3, -0.25) is 9.36 Å². The van der Waals surface area contributed by atoms with Crippen molar-refractivity contribution in [3.05, 3.63) is 25.6 Å². The van der Waals surface area contributed by atoms with Crippen molar-refractivity contribution in [3.63, 3.8) is 0 Å². The number of thiophene rings is 1. The number of H-pyrrole nitrogens is 1. The number of aryl methyl sites for hydroxylation is 2. The lowest BCUT2D eigenvalue weighted by molar-refractivity contribution is 0.182. The molecular weight excluding hydrogens is 280 g/mol. The first-order valence-electron chi connectivity index (χ1n) is 6.38. The number of ether oxygens (including phenoxy) is 1. The Bertz CT molecular complexity index is 735. The lowest BCUT2D eigenvalue weighted by atomic mass is 10.1. The van der Waals surface area contributed by atoms with Crippen LogP contribution in [-0.4, -0.2) is 22.8 Å². The van der Waals surface area contributed by atoms with E-state index in [1.807, 2.05) is 13.8 Å². The molecule has 1 atom stereocenters. The van der Waals surface area contributed by atoms with Crippen LogP contribution >= 0.6 is 23.6 Å². The first-order valence-corrected chi connectivity index (χ1v) is 7.61. The first-order chi connectivity index (χ1) is 9.08. The highest BCUT2D eigenvalue weighted by Crippen LogP contribution is 2.26. The molecule has 2 aromatic heterocycles. The molecule has 2 aromatic rings. The number of nitrogens with zero attached hydrogens (tertiary/aromatic N) is 1. The third kappa shape index (κ3) is 2.17. The van der Waals surface area contributed by atoms with E-state index in [1.165, 1.54) is 4.88 Å². The van der Waals surface area contributed by atoms with E-state index in [0.29, 0.717) is 17.2 Å². The maximum Gasteiger partial charge on any atom is 0.263 e. The highest BCUT2D eigenvalue weighted by molar-refractivity contribution is 7.71. The number of aromatic nitrogens is 2. The molecule has 1 aliphatic heterocycles. The van der Waals surface area contributed by atoms with Crippen LogP contribution in [0.2, 0.25) is 0 Å². The van der Waals surface area contributed by atoms with E-state index < -0.39 is 0 Å². The molecular formula is C13H16N2O2S2. The second-order valence-electron chi connectivity index (χ2n) is 5.06. The number of fused-ring (bicyclic) bond motifs is 1. The Morgan fingerprint density at radius 2 is 2.32 bits per heavy atom. The van der Waals surface area contributed by atoms with E-state index in [4.69, 9.17) is 17.0 Å². The average molecular weight is 296 g/mol.